The Hall–Kier alpha value is -2.47. The van der Waals surface area contributed by atoms with E-state index in [0.717, 1.165) is 0 Å². The summed E-state index contributed by atoms with van der Waals surface area (Å²) in [5, 5.41) is 11.6. The molecule has 2 aromatic heterocycles. The third-order valence-corrected chi connectivity index (χ3v) is 2.43. The van der Waals surface area contributed by atoms with Crippen LogP contribution in [0, 0.1) is 0 Å². The summed E-state index contributed by atoms with van der Waals surface area (Å²) in [5.74, 6) is -1.58. The van der Waals surface area contributed by atoms with Crippen molar-refractivity contribution in [3.63, 3.8) is 0 Å². The van der Waals surface area contributed by atoms with Gasteiger partial charge in [-0.3, -0.25) is 9.78 Å². The van der Waals surface area contributed by atoms with Crippen LogP contribution in [0.1, 0.15) is 21.0 Å². The first-order chi connectivity index (χ1) is 9.06. The zero-order valence-corrected chi connectivity index (χ0v) is 10.3. The van der Waals surface area contributed by atoms with Gasteiger partial charge >= 0.3 is 5.97 Å². The minimum absolute atomic E-state index is 0.0983. The molecule has 0 saturated heterocycles. The third-order valence-electron chi connectivity index (χ3n) is 2.20. The second-order valence-corrected chi connectivity index (χ2v) is 3.99. The second kappa shape index (κ2) is 5.45. The van der Waals surface area contributed by atoms with Gasteiger partial charge in [-0.05, 0) is 24.3 Å². The van der Waals surface area contributed by atoms with E-state index in [9.17, 15) is 9.59 Å². The van der Waals surface area contributed by atoms with Gasteiger partial charge in [0.1, 0.15) is 11.4 Å². The topological polar surface area (TPSA) is 92.2 Å². The van der Waals surface area contributed by atoms with Crippen molar-refractivity contribution < 1.29 is 14.7 Å². The smallest absolute Gasteiger partial charge is 0.354 e. The summed E-state index contributed by atoms with van der Waals surface area (Å²) in [4.78, 5) is 30.0. The molecule has 19 heavy (non-hydrogen) atoms. The van der Waals surface area contributed by atoms with Gasteiger partial charge in [-0.2, -0.15) is 0 Å². The number of rotatable bonds is 3. The van der Waals surface area contributed by atoms with Gasteiger partial charge < -0.3 is 10.4 Å². The Bertz CT molecular complexity index is 628. The number of aromatic nitrogens is 2. The monoisotopic (exact) mass is 277 g/mol. The highest BCUT2D eigenvalue weighted by molar-refractivity contribution is 6.30. The molecule has 1 amide bonds. The lowest BCUT2D eigenvalue weighted by Gasteiger charge is -2.04. The van der Waals surface area contributed by atoms with Crippen LogP contribution < -0.4 is 5.32 Å². The highest BCUT2D eigenvalue weighted by Crippen LogP contribution is 2.11. The molecular weight excluding hydrogens is 270 g/mol. The fraction of sp³-hybridized carbons (Fsp3) is 0. The minimum atomic E-state index is -1.13. The Morgan fingerprint density at radius 2 is 1.95 bits per heavy atom. The Kier molecular flexibility index (Phi) is 3.72. The zero-order valence-electron chi connectivity index (χ0n) is 9.50. The van der Waals surface area contributed by atoms with Crippen molar-refractivity contribution in [2.24, 2.45) is 0 Å². The molecule has 0 bridgehead atoms. The molecule has 2 heterocycles. The van der Waals surface area contributed by atoms with Gasteiger partial charge in [0.15, 0.2) is 0 Å². The van der Waals surface area contributed by atoms with Crippen LogP contribution in [0.25, 0.3) is 0 Å². The van der Waals surface area contributed by atoms with E-state index in [-0.39, 0.29) is 11.4 Å². The van der Waals surface area contributed by atoms with Gasteiger partial charge in [0, 0.05) is 11.2 Å². The Morgan fingerprint density at radius 3 is 2.53 bits per heavy atom. The number of hydrogen-bond acceptors (Lipinski definition) is 4. The first kappa shape index (κ1) is 13.0. The minimum Gasteiger partial charge on any atom is -0.477 e. The SMILES string of the molecule is O=C(O)c1ccc(NC(=O)c2cc(Cl)ccn2)cn1. The second-order valence-electron chi connectivity index (χ2n) is 3.55. The summed E-state index contributed by atoms with van der Waals surface area (Å²) in [7, 11) is 0. The molecule has 0 aromatic carbocycles. The number of nitrogens with zero attached hydrogens (tertiary/aromatic N) is 2. The highest BCUT2D eigenvalue weighted by atomic mass is 35.5. The van der Waals surface area contributed by atoms with Gasteiger partial charge in [0.25, 0.3) is 5.91 Å². The molecule has 0 spiro atoms. The van der Waals surface area contributed by atoms with Gasteiger partial charge in [-0.15, -0.1) is 0 Å². The number of carbonyl (C=O) groups excluding carboxylic acids is 1. The number of hydrogen-bond donors (Lipinski definition) is 2. The van der Waals surface area contributed by atoms with E-state index in [1.54, 1.807) is 6.07 Å². The van der Waals surface area contributed by atoms with Crippen LogP contribution in [0.2, 0.25) is 5.02 Å². The van der Waals surface area contributed by atoms with Crippen molar-refractivity contribution in [3.05, 3.63) is 53.1 Å². The maximum absolute atomic E-state index is 11.8. The van der Waals surface area contributed by atoms with E-state index < -0.39 is 11.9 Å². The highest BCUT2D eigenvalue weighted by Gasteiger charge is 2.09. The maximum atomic E-state index is 11.8. The zero-order chi connectivity index (χ0) is 13.8. The van der Waals surface area contributed by atoms with Crippen molar-refractivity contribution in [2.45, 2.75) is 0 Å². The Balaban J connectivity index is 2.13. The summed E-state index contributed by atoms with van der Waals surface area (Å²) in [6.07, 6.45) is 2.68. The van der Waals surface area contributed by atoms with Gasteiger partial charge in [0.05, 0.1) is 11.9 Å². The molecular formula is C12H8ClN3O3. The molecule has 2 aromatic rings. The maximum Gasteiger partial charge on any atom is 0.354 e. The van der Waals surface area contributed by atoms with Crippen molar-refractivity contribution in [1.29, 1.82) is 0 Å². The fourth-order valence-corrected chi connectivity index (χ4v) is 1.48. The molecule has 0 radical (unpaired) electrons. The van der Waals surface area contributed by atoms with Crippen LogP contribution in [0.5, 0.6) is 0 Å². The molecule has 7 heteroatoms. The Labute approximate surface area is 113 Å². The third kappa shape index (κ3) is 3.26. The summed E-state index contributed by atoms with van der Waals surface area (Å²) < 4.78 is 0. The molecule has 0 unspecified atom stereocenters. The number of pyridine rings is 2. The lowest BCUT2D eigenvalue weighted by molar-refractivity contribution is 0.0690. The number of nitrogens with one attached hydrogen (secondary N) is 1. The van der Waals surface area contributed by atoms with Crippen molar-refractivity contribution >= 4 is 29.2 Å². The van der Waals surface area contributed by atoms with E-state index in [0.29, 0.717) is 10.7 Å². The van der Waals surface area contributed by atoms with Gasteiger partial charge in [-0.25, -0.2) is 9.78 Å². The Morgan fingerprint density at radius 1 is 1.16 bits per heavy atom. The van der Waals surface area contributed by atoms with E-state index in [1.165, 1.54) is 30.6 Å². The van der Waals surface area contributed by atoms with Crippen LogP contribution >= 0.6 is 11.6 Å². The summed E-state index contributed by atoms with van der Waals surface area (Å²) in [6, 6.07) is 5.72. The molecule has 0 aliphatic heterocycles. The molecule has 2 N–H and O–H groups in total. The molecule has 6 nitrogen and oxygen atoms in total. The number of carboxylic acids is 1. The summed E-state index contributed by atoms with van der Waals surface area (Å²) in [5.41, 5.74) is 0.436. The molecule has 2 rings (SSSR count). The first-order valence-corrected chi connectivity index (χ1v) is 5.56. The van der Waals surface area contributed by atoms with Gasteiger partial charge in [0.2, 0.25) is 0 Å². The van der Waals surface area contributed by atoms with E-state index in [4.69, 9.17) is 16.7 Å². The van der Waals surface area contributed by atoms with Crippen LogP contribution in [-0.4, -0.2) is 27.0 Å². The number of carboxylic acid groups (broad SMARTS) is 1. The van der Waals surface area contributed by atoms with Crippen LogP contribution in [-0.2, 0) is 0 Å². The average molecular weight is 278 g/mol. The summed E-state index contributed by atoms with van der Waals surface area (Å²) >= 11 is 5.75. The normalized spacial score (nSPS) is 9.95. The number of anilines is 1. The molecule has 0 fully saturated rings. The quantitative estimate of drug-likeness (QED) is 0.896. The van der Waals surface area contributed by atoms with Crippen molar-refractivity contribution in [2.75, 3.05) is 5.32 Å². The molecule has 0 aliphatic carbocycles. The molecule has 0 atom stereocenters. The van der Waals surface area contributed by atoms with Crippen LogP contribution in [0.3, 0.4) is 0 Å². The standard InChI is InChI=1S/C12H8ClN3O3/c13-7-3-4-14-10(5-7)11(17)16-8-1-2-9(12(18)19)15-6-8/h1-6H,(H,16,17)(H,18,19). The van der Waals surface area contributed by atoms with Crippen LogP contribution in [0.15, 0.2) is 36.7 Å². The average Bonchev–Trinajstić information content (AvgIpc) is 2.39. The lowest BCUT2D eigenvalue weighted by atomic mass is 10.3. The van der Waals surface area contributed by atoms with Crippen molar-refractivity contribution in [3.8, 4) is 0 Å². The van der Waals surface area contributed by atoms with Gasteiger partial charge in [-0.1, -0.05) is 11.6 Å². The lowest BCUT2D eigenvalue weighted by Crippen LogP contribution is -2.14. The van der Waals surface area contributed by atoms with Crippen molar-refractivity contribution in [1.82, 2.24) is 9.97 Å². The number of halogens is 1. The molecule has 0 aliphatic rings. The van der Waals surface area contributed by atoms with Crippen LogP contribution in [0.4, 0.5) is 5.69 Å². The largest absolute Gasteiger partial charge is 0.477 e. The first-order valence-electron chi connectivity index (χ1n) is 5.18. The molecule has 0 saturated carbocycles. The number of amides is 1. The van der Waals surface area contributed by atoms with E-state index >= 15 is 0 Å². The van der Waals surface area contributed by atoms with E-state index in [2.05, 4.69) is 15.3 Å². The number of carbonyl (C=O) groups is 2. The number of aromatic carboxylic acids is 1. The predicted octanol–water partition coefficient (Wildman–Crippen LogP) is 2.08. The molecule has 96 valence electrons. The summed E-state index contributed by atoms with van der Waals surface area (Å²) in [6.45, 7) is 0. The van der Waals surface area contributed by atoms with E-state index in [1.807, 2.05) is 0 Å². The fourth-order valence-electron chi connectivity index (χ4n) is 1.32. The predicted molar refractivity (Wildman–Crippen MR) is 68.4 cm³/mol.